The van der Waals surface area contributed by atoms with E-state index in [-0.39, 0.29) is 5.91 Å². The number of nitrogens with one attached hydrogen (secondary N) is 1. The van der Waals surface area contributed by atoms with E-state index in [0.717, 1.165) is 53.8 Å². The zero-order chi connectivity index (χ0) is 20.8. The fourth-order valence-corrected chi connectivity index (χ4v) is 4.30. The molecule has 2 aromatic carbocycles. The molecule has 1 aromatic heterocycles. The summed E-state index contributed by atoms with van der Waals surface area (Å²) in [5.74, 6) is 0.661. The molecule has 0 unspecified atom stereocenters. The van der Waals surface area contributed by atoms with E-state index in [1.807, 2.05) is 36.4 Å². The minimum atomic E-state index is -0.132. The number of anilines is 2. The van der Waals surface area contributed by atoms with E-state index in [1.54, 1.807) is 23.5 Å². The normalized spacial score (nSPS) is 13.4. The second kappa shape index (κ2) is 9.76. The van der Waals surface area contributed by atoms with Gasteiger partial charge in [-0.1, -0.05) is 25.5 Å². The predicted molar refractivity (Wildman–Crippen MR) is 124 cm³/mol. The Kier molecular flexibility index (Phi) is 6.64. The van der Waals surface area contributed by atoms with Crippen molar-refractivity contribution in [2.45, 2.75) is 32.6 Å². The number of benzene rings is 2. The van der Waals surface area contributed by atoms with Gasteiger partial charge in [-0.2, -0.15) is 0 Å². The average Bonchev–Trinajstić information content (AvgIpc) is 3.47. The van der Waals surface area contributed by atoms with Gasteiger partial charge >= 0.3 is 0 Å². The van der Waals surface area contributed by atoms with Crippen LogP contribution in [0.1, 0.15) is 43.0 Å². The third kappa shape index (κ3) is 5.00. The Labute approximate surface area is 181 Å². The lowest BCUT2D eigenvalue weighted by Crippen LogP contribution is -2.17. The van der Waals surface area contributed by atoms with Crippen LogP contribution in [0.4, 0.5) is 10.8 Å². The predicted octanol–water partition coefficient (Wildman–Crippen LogP) is 5.84. The van der Waals surface area contributed by atoms with E-state index in [4.69, 9.17) is 9.72 Å². The molecule has 0 spiro atoms. The zero-order valence-electron chi connectivity index (χ0n) is 17.3. The molecule has 0 saturated carbocycles. The van der Waals surface area contributed by atoms with E-state index in [9.17, 15) is 4.79 Å². The van der Waals surface area contributed by atoms with Gasteiger partial charge in [-0.3, -0.25) is 4.79 Å². The standard InChI is InChI=1S/C24H27N3O2S/c1-2-3-16-29-21-12-8-19(9-13-21)23(28)25-20-10-6-18(7-11-20)22-17-30-24(26-22)27-14-4-5-15-27/h6-13,17H,2-5,14-16H2,1H3,(H,25,28). The maximum absolute atomic E-state index is 12.5. The van der Waals surface area contributed by atoms with Crippen molar-refractivity contribution in [2.75, 3.05) is 29.9 Å². The SMILES string of the molecule is CCCCOc1ccc(C(=O)Nc2ccc(-c3csc(N4CCCC4)n3)cc2)cc1. The van der Waals surface area contributed by atoms with Crippen LogP contribution in [0.5, 0.6) is 5.75 Å². The van der Waals surface area contributed by atoms with E-state index < -0.39 is 0 Å². The number of hydrogen-bond donors (Lipinski definition) is 1. The first-order valence-corrected chi connectivity index (χ1v) is 11.5. The van der Waals surface area contributed by atoms with Crippen molar-refractivity contribution < 1.29 is 9.53 Å². The van der Waals surface area contributed by atoms with E-state index in [2.05, 4.69) is 22.5 Å². The molecule has 2 heterocycles. The highest BCUT2D eigenvalue weighted by molar-refractivity contribution is 7.14. The lowest BCUT2D eigenvalue weighted by atomic mass is 10.1. The monoisotopic (exact) mass is 421 g/mol. The van der Waals surface area contributed by atoms with Crippen molar-refractivity contribution >= 4 is 28.1 Å². The van der Waals surface area contributed by atoms with Crippen LogP contribution in [0.25, 0.3) is 11.3 Å². The van der Waals surface area contributed by atoms with Gasteiger partial charge in [-0.25, -0.2) is 4.98 Å². The Balaban J connectivity index is 1.35. The number of ether oxygens (including phenoxy) is 1. The van der Waals surface area contributed by atoms with Crippen LogP contribution in [0, 0.1) is 0 Å². The molecule has 0 radical (unpaired) electrons. The highest BCUT2D eigenvalue weighted by Gasteiger charge is 2.16. The van der Waals surface area contributed by atoms with Crippen LogP contribution >= 0.6 is 11.3 Å². The summed E-state index contributed by atoms with van der Waals surface area (Å²) in [6, 6.07) is 15.1. The topological polar surface area (TPSA) is 54.5 Å². The smallest absolute Gasteiger partial charge is 0.255 e. The van der Waals surface area contributed by atoms with Crippen molar-refractivity contribution in [3.05, 3.63) is 59.5 Å². The molecule has 30 heavy (non-hydrogen) atoms. The molecule has 1 saturated heterocycles. The van der Waals surface area contributed by atoms with E-state index in [1.165, 1.54) is 12.8 Å². The van der Waals surface area contributed by atoms with Gasteiger partial charge in [0.2, 0.25) is 0 Å². The number of aromatic nitrogens is 1. The van der Waals surface area contributed by atoms with Crippen molar-refractivity contribution in [3.8, 4) is 17.0 Å². The molecular weight excluding hydrogens is 394 g/mol. The molecule has 1 aliphatic rings. The fourth-order valence-electron chi connectivity index (χ4n) is 3.41. The molecule has 6 heteroatoms. The van der Waals surface area contributed by atoms with Gasteiger partial charge in [-0.05, 0) is 55.7 Å². The van der Waals surface area contributed by atoms with Gasteiger partial charge in [-0.15, -0.1) is 11.3 Å². The van der Waals surface area contributed by atoms with Crippen molar-refractivity contribution in [3.63, 3.8) is 0 Å². The zero-order valence-corrected chi connectivity index (χ0v) is 18.1. The Morgan fingerprint density at radius 3 is 2.53 bits per heavy atom. The summed E-state index contributed by atoms with van der Waals surface area (Å²) >= 11 is 1.70. The number of carbonyl (C=O) groups excluding carboxylic acids is 1. The Morgan fingerprint density at radius 2 is 1.83 bits per heavy atom. The van der Waals surface area contributed by atoms with Crippen molar-refractivity contribution in [1.29, 1.82) is 0 Å². The number of amides is 1. The van der Waals surface area contributed by atoms with Gasteiger partial charge in [0, 0.05) is 35.3 Å². The lowest BCUT2D eigenvalue weighted by Gasteiger charge is -2.12. The first-order chi connectivity index (χ1) is 14.7. The number of thiazole rings is 1. The van der Waals surface area contributed by atoms with Crippen molar-refractivity contribution in [1.82, 2.24) is 4.98 Å². The summed E-state index contributed by atoms with van der Waals surface area (Å²) < 4.78 is 5.65. The minimum Gasteiger partial charge on any atom is -0.494 e. The Hall–Kier alpha value is -2.86. The number of nitrogens with zero attached hydrogens (tertiary/aromatic N) is 2. The highest BCUT2D eigenvalue weighted by atomic mass is 32.1. The summed E-state index contributed by atoms with van der Waals surface area (Å²) in [6.07, 6.45) is 4.62. The molecule has 4 rings (SSSR count). The summed E-state index contributed by atoms with van der Waals surface area (Å²) in [4.78, 5) is 19.7. The third-order valence-corrected chi connectivity index (χ3v) is 6.09. The first kappa shape index (κ1) is 20.4. The molecule has 1 amide bonds. The molecule has 1 fully saturated rings. The summed E-state index contributed by atoms with van der Waals surface area (Å²) in [7, 11) is 0. The second-order valence-electron chi connectivity index (χ2n) is 7.47. The third-order valence-electron chi connectivity index (χ3n) is 5.19. The number of hydrogen-bond acceptors (Lipinski definition) is 5. The molecule has 156 valence electrons. The lowest BCUT2D eigenvalue weighted by molar-refractivity contribution is 0.102. The summed E-state index contributed by atoms with van der Waals surface area (Å²) in [6.45, 7) is 5.03. The van der Waals surface area contributed by atoms with Gasteiger partial charge < -0.3 is 15.0 Å². The first-order valence-electron chi connectivity index (χ1n) is 10.6. The largest absolute Gasteiger partial charge is 0.494 e. The van der Waals surface area contributed by atoms with Gasteiger partial charge in [0.1, 0.15) is 5.75 Å². The molecule has 0 bridgehead atoms. The molecule has 1 aliphatic heterocycles. The summed E-state index contributed by atoms with van der Waals surface area (Å²) in [5, 5.41) is 6.15. The van der Waals surface area contributed by atoms with Gasteiger partial charge in [0.05, 0.1) is 12.3 Å². The molecule has 3 aromatic rings. The minimum absolute atomic E-state index is 0.132. The fraction of sp³-hybridized carbons (Fsp3) is 0.333. The average molecular weight is 422 g/mol. The molecule has 5 nitrogen and oxygen atoms in total. The quantitative estimate of drug-likeness (QED) is 0.464. The van der Waals surface area contributed by atoms with E-state index in [0.29, 0.717) is 12.2 Å². The van der Waals surface area contributed by atoms with Crippen LogP contribution in [0.3, 0.4) is 0 Å². The molecule has 1 N–H and O–H groups in total. The maximum atomic E-state index is 12.5. The van der Waals surface area contributed by atoms with E-state index >= 15 is 0 Å². The Morgan fingerprint density at radius 1 is 1.10 bits per heavy atom. The maximum Gasteiger partial charge on any atom is 0.255 e. The number of carbonyl (C=O) groups is 1. The summed E-state index contributed by atoms with van der Waals surface area (Å²) in [5.41, 5.74) is 3.42. The van der Waals surface area contributed by atoms with Crippen LogP contribution < -0.4 is 15.0 Å². The van der Waals surface area contributed by atoms with Gasteiger partial charge in [0.15, 0.2) is 5.13 Å². The molecule has 0 aliphatic carbocycles. The van der Waals surface area contributed by atoms with Crippen molar-refractivity contribution in [2.24, 2.45) is 0 Å². The van der Waals surface area contributed by atoms with Crippen LogP contribution in [0.2, 0.25) is 0 Å². The van der Waals surface area contributed by atoms with Crippen LogP contribution in [-0.2, 0) is 0 Å². The highest BCUT2D eigenvalue weighted by Crippen LogP contribution is 2.30. The second-order valence-corrected chi connectivity index (χ2v) is 8.30. The molecular formula is C24H27N3O2S. The Bertz CT molecular complexity index is 961. The van der Waals surface area contributed by atoms with Gasteiger partial charge in [0.25, 0.3) is 5.91 Å². The molecule has 0 atom stereocenters. The number of rotatable bonds is 8. The van der Waals surface area contributed by atoms with Crippen LogP contribution in [0.15, 0.2) is 53.9 Å². The number of unbranched alkanes of at least 4 members (excludes halogenated alkanes) is 1. The van der Waals surface area contributed by atoms with Crippen LogP contribution in [-0.4, -0.2) is 30.6 Å².